The fraction of sp³-hybridized carbons (Fsp3) is 0.333. The monoisotopic (exact) mass is 255 g/mol. The average Bonchev–Trinajstić information content (AvgIpc) is 1.98. The number of halogens is 3. The van der Waals surface area contributed by atoms with Gasteiger partial charge in [-0.1, -0.05) is 23.2 Å². The van der Waals surface area contributed by atoms with Crippen LogP contribution in [0.5, 0.6) is 5.75 Å². The molecule has 0 saturated heterocycles. The van der Waals surface area contributed by atoms with Crippen LogP contribution < -0.4 is 0 Å². The summed E-state index contributed by atoms with van der Waals surface area (Å²) >= 11 is 11.5. The summed E-state index contributed by atoms with van der Waals surface area (Å²) in [7, 11) is 3.91. The van der Waals surface area contributed by atoms with Gasteiger partial charge in [0.2, 0.25) is 0 Å². The number of nitrogens with zero attached hydrogens (tertiary/aromatic N) is 1. The SMILES string of the molecule is CN(C)Cc1cc(Cl)c(O)c(Cl)c1.Cl. The Morgan fingerprint density at radius 1 is 1.21 bits per heavy atom. The number of phenols is 1. The third kappa shape index (κ3) is 3.54. The highest BCUT2D eigenvalue weighted by Gasteiger charge is 2.06. The molecule has 1 rings (SSSR count). The molecule has 1 aromatic carbocycles. The largest absolute Gasteiger partial charge is 0.505 e. The lowest BCUT2D eigenvalue weighted by Crippen LogP contribution is -2.10. The van der Waals surface area contributed by atoms with E-state index < -0.39 is 0 Å². The molecule has 0 aromatic heterocycles. The molecule has 0 atom stereocenters. The zero-order valence-electron chi connectivity index (χ0n) is 7.92. The van der Waals surface area contributed by atoms with Crippen LogP contribution in [0.3, 0.4) is 0 Å². The summed E-state index contributed by atoms with van der Waals surface area (Å²) in [6, 6.07) is 3.42. The van der Waals surface area contributed by atoms with Crippen molar-refractivity contribution in [1.29, 1.82) is 0 Å². The van der Waals surface area contributed by atoms with Crippen molar-refractivity contribution in [3.8, 4) is 5.75 Å². The lowest BCUT2D eigenvalue weighted by molar-refractivity contribution is 0.402. The summed E-state index contributed by atoms with van der Waals surface area (Å²) < 4.78 is 0. The minimum Gasteiger partial charge on any atom is -0.505 e. The van der Waals surface area contributed by atoms with Gasteiger partial charge in [0.15, 0.2) is 5.75 Å². The van der Waals surface area contributed by atoms with Gasteiger partial charge >= 0.3 is 0 Å². The lowest BCUT2D eigenvalue weighted by Gasteiger charge is -2.10. The summed E-state index contributed by atoms with van der Waals surface area (Å²) in [6.45, 7) is 0.750. The molecule has 0 bridgehead atoms. The molecule has 0 spiro atoms. The van der Waals surface area contributed by atoms with Gasteiger partial charge < -0.3 is 10.0 Å². The van der Waals surface area contributed by atoms with E-state index in [1.807, 2.05) is 19.0 Å². The highest BCUT2D eigenvalue weighted by atomic mass is 35.5. The Morgan fingerprint density at radius 2 is 1.64 bits per heavy atom. The maximum atomic E-state index is 9.29. The molecule has 5 heteroatoms. The predicted octanol–water partition coefficient (Wildman–Crippen LogP) is 3.18. The van der Waals surface area contributed by atoms with Crippen molar-refractivity contribution in [2.45, 2.75) is 6.54 Å². The zero-order valence-corrected chi connectivity index (χ0v) is 10.2. The predicted molar refractivity (Wildman–Crippen MR) is 62.8 cm³/mol. The molecule has 0 fully saturated rings. The molecule has 1 aromatic rings. The second kappa shape index (κ2) is 5.66. The Labute approximate surface area is 99.8 Å². The Kier molecular flexibility index (Phi) is 5.60. The first-order chi connectivity index (χ1) is 6.00. The van der Waals surface area contributed by atoms with E-state index in [1.165, 1.54) is 0 Å². The van der Waals surface area contributed by atoms with E-state index in [-0.39, 0.29) is 18.2 Å². The van der Waals surface area contributed by atoms with Gasteiger partial charge in [0.1, 0.15) is 0 Å². The normalized spacial score (nSPS) is 10.1. The number of aromatic hydroxyl groups is 1. The van der Waals surface area contributed by atoms with Crippen LogP contribution in [-0.2, 0) is 6.54 Å². The number of hydrogen-bond donors (Lipinski definition) is 1. The van der Waals surface area contributed by atoms with Crippen molar-refractivity contribution in [3.63, 3.8) is 0 Å². The highest BCUT2D eigenvalue weighted by Crippen LogP contribution is 2.32. The Bertz CT molecular complexity index is 292. The number of benzene rings is 1. The average molecular weight is 257 g/mol. The van der Waals surface area contributed by atoms with Crippen molar-refractivity contribution in [2.75, 3.05) is 14.1 Å². The summed E-state index contributed by atoms with van der Waals surface area (Å²) in [5.74, 6) is -0.0501. The second-order valence-electron chi connectivity index (χ2n) is 3.15. The van der Waals surface area contributed by atoms with Gasteiger partial charge in [-0.15, -0.1) is 12.4 Å². The Balaban J connectivity index is 0.00000169. The molecule has 0 radical (unpaired) electrons. The smallest absolute Gasteiger partial charge is 0.152 e. The molecule has 0 saturated carbocycles. The van der Waals surface area contributed by atoms with Gasteiger partial charge in [-0.05, 0) is 31.8 Å². The quantitative estimate of drug-likeness (QED) is 0.878. The van der Waals surface area contributed by atoms with Crippen LogP contribution in [0.25, 0.3) is 0 Å². The number of phenolic OH excluding ortho intramolecular Hbond substituents is 1. The topological polar surface area (TPSA) is 23.5 Å². The van der Waals surface area contributed by atoms with Gasteiger partial charge in [-0.25, -0.2) is 0 Å². The van der Waals surface area contributed by atoms with Crippen LogP contribution in [-0.4, -0.2) is 24.1 Å². The third-order valence-corrected chi connectivity index (χ3v) is 2.15. The first kappa shape index (κ1) is 13.8. The summed E-state index contributed by atoms with van der Waals surface area (Å²) in [4.78, 5) is 2.00. The zero-order chi connectivity index (χ0) is 10.0. The van der Waals surface area contributed by atoms with Gasteiger partial charge in [-0.2, -0.15) is 0 Å². The van der Waals surface area contributed by atoms with Crippen LogP contribution in [0, 0.1) is 0 Å². The fourth-order valence-electron chi connectivity index (χ4n) is 1.07. The van der Waals surface area contributed by atoms with Gasteiger partial charge in [0, 0.05) is 6.54 Å². The van der Waals surface area contributed by atoms with E-state index in [2.05, 4.69) is 0 Å². The van der Waals surface area contributed by atoms with E-state index in [0.29, 0.717) is 10.0 Å². The first-order valence-corrected chi connectivity index (χ1v) is 4.58. The van der Waals surface area contributed by atoms with E-state index >= 15 is 0 Å². The van der Waals surface area contributed by atoms with Crippen molar-refractivity contribution < 1.29 is 5.11 Å². The van der Waals surface area contributed by atoms with Gasteiger partial charge in [-0.3, -0.25) is 0 Å². The molecule has 0 amide bonds. The fourth-order valence-corrected chi connectivity index (χ4v) is 1.61. The van der Waals surface area contributed by atoms with Crippen LogP contribution in [0.15, 0.2) is 12.1 Å². The molecule has 2 nitrogen and oxygen atoms in total. The van der Waals surface area contributed by atoms with E-state index in [1.54, 1.807) is 12.1 Å². The molecule has 0 heterocycles. The summed E-state index contributed by atoms with van der Waals surface area (Å²) in [5, 5.41) is 9.88. The number of hydrogen-bond acceptors (Lipinski definition) is 2. The van der Waals surface area contributed by atoms with Crippen molar-refractivity contribution in [1.82, 2.24) is 4.90 Å². The third-order valence-electron chi connectivity index (χ3n) is 1.58. The molecule has 1 N–H and O–H groups in total. The standard InChI is InChI=1S/C9H11Cl2NO.ClH/c1-12(2)5-6-3-7(10)9(13)8(11)4-6;/h3-4,13H,5H2,1-2H3;1H. The van der Waals surface area contributed by atoms with Crippen molar-refractivity contribution in [3.05, 3.63) is 27.7 Å². The van der Waals surface area contributed by atoms with Crippen LogP contribution in [0.4, 0.5) is 0 Å². The van der Waals surface area contributed by atoms with Gasteiger partial charge in [0.25, 0.3) is 0 Å². The Hall–Kier alpha value is -0.150. The maximum absolute atomic E-state index is 9.29. The molecule has 0 aliphatic rings. The van der Waals surface area contributed by atoms with Gasteiger partial charge in [0.05, 0.1) is 10.0 Å². The van der Waals surface area contributed by atoms with Crippen LogP contribution >= 0.6 is 35.6 Å². The minimum atomic E-state index is -0.0501. The molecular formula is C9H12Cl3NO. The molecule has 80 valence electrons. The molecule has 0 aliphatic carbocycles. The molecular weight excluding hydrogens is 244 g/mol. The lowest BCUT2D eigenvalue weighted by atomic mass is 10.2. The van der Waals surface area contributed by atoms with E-state index in [4.69, 9.17) is 23.2 Å². The molecule has 0 unspecified atom stereocenters. The van der Waals surface area contributed by atoms with Crippen molar-refractivity contribution in [2.24, 2.45) is 0 Å². The summed E-state index contributed by atoms with van der Waals surface area (Å²) in [6.07, 6.45) is 0. The van der Waals surface area contributed by atoms with Crippen LogP contribution in [0.2, 0.25) is 10.0 Å². The maximum Gasteiger partial charge on any atom is 0.152 e. The van der Waals surface area contributed by atoms with E-state index in [0.717, 1.165) is 12.1 Å². The molecule has 0 aliphatic heterocycles. The molecule has 14 heavy (non-hydrogen) atoms. The van der Waals surface area contributed by atoms with Crippen LogP contribution in [0.1, 0.15) is 5.56 Å². The Morgan fingerprint density at radius 3 is 2.00 bits per heavy atom. The highest BCUT2D eigenvalue weighted by molar-refractivity contribution is 6.37. The number of rotatable bonds is 2. The van der Waals surface area contributed by atoms with Crippen molar-refractivity contribution >= 4 is 35.6 Å². The second-order valence-corrected chi connectivity index (χ2v) is 3.96. The summed E-state index contributed by atoms with van der Waals surface area (Å²) in [5.41, 5.74) is 0.984. The minimum absolute atomic E-state index is 0. The first-order valence-electron chi connectivity index (χ1n) is 3.82. The van der Waals surface area contributed by atoms with E-state index in [9.17, 15) is 5.11 Å².